The number of aromatic nitrogens is 2. The molecule has 0 radical (unpaired) electrons. The molecule has 1 aliphatic heterocycles. The fraction of sp³-hybridized carbons (Fsp3) is 0.444. The van der Waals surface area contributed by atoms with Crippen LogP contribution in [0.1, 0.15) is 31.9 Å². The fourth-order valence-corrected chi connectivity index (χ4v) is 3.10. The van der Waals surface area contributed by atoms with Crippen LogP contribution >= 0.6 is 0 Å². The lowest BCUT2D eigenvalue weighted by molar-refractivity contribution is -0.119. The van der Waals surface area contributed by atoms with Crippen LogP contribution in [0.5, 0.6) is 5.75 Å². The lowest BCUT2D eigenvalue weighted by Crippen LogP contribution is -2.39. The maximum Gasteiger partial charge on any atom is 0.244 e. The molecule has 0 unspecified atom stereocenters. The van der Waals surface area contributed by atoms with Gasteiger partial charge in [0.25, 0.3) is 0 Å². The van der Waals surface area contributed by atoms with Gasteiger partial charge in [-0.25, -0.2) is 0 Å². The molecular formula is C18H24N4O2. The molecule has 1 aromatic heterocycles. The van der Waals surface area contributed by atoms with Gasteiger partial charge in [-0.05, 0) is 32.4 Å². The first-order chi connectivity index (χ1) is 11.6. The third-order valence-electron chi connectivity index (χ3n) is 4.51. The van der Waals surface area contributed by atoms with E-state index in [0.717, 1.165) is 30.0 Å². The summed E-state index contributed by atoms with van der Waals surface area (Å²) in [7, 11) is 1.63. The van der Waals surface area contributed by atoms with E-state index < -0.39 is 0 Å². The van der Waals surface area contributed by atoms with Crippen LogP contribution in [-0.4, -0.2) is 35.4 Å². The summed E-state index contributed by atoms with van der Waals surface area (Å²) in [6.07, 6.45) is 4.66. The first-order valence-corrected chi connectivity index (χ1v) is 8.36. The molecule has 6 heteroatoms. The Morgan fingerprint density at radius 1 is 1.42 bits per heavy atom. The van der Waals surface area contributed by atoms with E-state index >= 15 is 0 Å². The Morgan fingerprint density at radius 3 is 2.92 bits per heavy atom. The topological polar surface area (TPSA) is 59.4 Å². The second-order valence-corrected chi connectivity index (χ2v) is 6.02. The molecule has 2 aromatic rings. The molecule has 128 valence electrons. The summed E-state index contributed by atoms with van der Waals surface area (Å²) in [4.78, 5) is 14.6. The van der Waals surface area contributed by atoms with Crippen molar-refractivity contribution in [2.45, 2.75) is 38.9 Å². The quantitative estimate of drug-likeness (QED) is 0.884. The van der Waals surface area contributed by atoms with E-state index in [-0.39, 0.29) is 18.0 Å². The van der Waals surface area contributed by atoms with Crippen molar-refractivity contribution in [3.05, 3.63) is 42.2 Å². The standard InChI is InChI=1S/C18H24N4O2/c1-4-21-12-14(11-19-21)13(2)20-15-9-10-22(18(15)23)16-7-5-6-8-17(16)24-3/h5-8,11-13,15,20H,4,9-10H2,1-3H3/t13-,15-/m1/s1. The number of nitrogens with zero attached hydrogens (tertiary/aromatic N) is 3. The van der Waals surface area contributed by atoms with Gasteiger partial charge in [-0.15, -0.1) is 0 Å². The largest absolute Gasteiger partial charge is 0.495 e. The number of nitrogens with one attached hydrogen (secondary N) is 1. The number of rotatable bonds is 6. The van der Waals surface area contributed by atoms with Crippen molar-refractivity contribution in [3.8, 4) is 5.75 Å². The molecule has 1 aliphatic rings. The second kappa shape index (κ2) is 7.05. The van der Waals surface area contributed by atoms with Crippen molar-refractivity contribution in [2.24, 2.45) is 0 Å². The van der Waals surface area contributed by atoms with Crippen LogP contribution in [0, 0.1) is 0 Å². The third-order valence-corrected chi connectivity index (χ3v) is 4.51. The van der Waals surface area contributed by atoms with Crippen LogP contribution < -0.4 is 15.0 Å². The highest BCUT2D eigenvalue weighted by molar-refractivity contribution is 6.00. The van der Waals surface area contributed by atoms with Crippen LogP contribution in [0.3, 0.4) is 0 Å². The van der Waals surface area contributed by atoms with Gasteiger partial charge < -0.3 is 9.64 Å². The Balaban J connectivity index is 1.70. The predicted molar refractivity (Wildman–Crippen MR) is 93.2 cm³/mol. The summed E-state index contributed by atoms with van der Waals surface area (Å²) >= 11 is 0. The van der Waals surface area contributed by atoms with Gasteiger partial charge in [0.15, 0.2) is 0 Å². The van der Waals surface area contributed by atoms with E-state index in [1.54, 1.807) is 12.0 Å². The Morgan fingerprint density at radius 2 is 2.21 bits per heavy atom. The molecule has 0 bridgehead atoms. The molecule has 1 saturated heterocycles. The highest BCUT2D eigenvalue weighted by Gasteiger charge is 2.34. The van der Waals surface area contributed by atoms with Crippen molar-refractivity contribution in [1.82, 2.24) is 15.1 Å². The number of benzene rings is 1. The summed E-state index contributed by atoms with van der Waals surface area (Å²) in [6, 6.07) is 7.53. The Kier molecular flexibility index (Phi) is 4.85. The molecule has 6 nitrogen and oxygen atoms in total. The Hall–Kier alpha value is -2.34. The smallest absolute Gasteiger partial charge is 0.244 e. The Labute approximate surface area is 142 Å². The van der Waals surface area contributed by atoms with Crippen LogP contribution in [0.2, 0.25) is 0 Å². The van der Waals surface area contributed by atoms with Gasteiger partial charge in [-0.3, -0.25) is 14.8 Å². The van der Waals surface area contributed by atoms with E-state index in [9.17, 15) is 4.79 Å². The van der Waals surface area contributed by atoms with Crippen molar-refractivity contribution >= 4 is 11.6 Å². The number of aryl methyl sites for hydroxylation is 1. The van der Waals surface area contributed by atoms with Gasteiger partial charge in [-0.2, -0.15) is 5.10 Å². The summed E-state index contributed by atoms with van der Waals surface area (Å²) in [5, 5.41) is 7.73. The zero-order valence-corrected chi connectivity index (χ0v) is 14.4. The van der Waals surface area contributed by atoms with Crippen molar-refractivity contribution in [3.63, 3.8) is 0 Å². The van der Waals surface area contributed by atoms with Crippen LogP contribution in [0.25, 0.3) is 0 Å². The van der Waals surface area contributed by atoms with Gasteiger partial charge in [-0.1, -0.05) is 12.1 Å². The molecule has 2 atom stereocenters. The van der Waals surface area contributed by atoms with Crippen LogP contribution in [0.15, 0.2) is 36.7 Å². The first-order valence-electron chi connectivity index (χ1n) is 8.36. The minimum absolute atomic E-state index is 0.0804. The number of anilines is 1. The van der Waals surface area contributed by atoms with E-state index in [4.69, 9.17) is 4.74 Å². The van der Waals surface area contributed by atoms with Gasteiger partial charge in [0, 0.05) is 30.9 Å². The number of carbonyl (C=O) groups is 1. The molecule has 0 aliphatic carbocycles. The van der Waals surface area contributed by atoms with Gasteiger partial charge in [0.1, 0.15) is 5.75 Å². The second-order valence-electron chi connectivity index (χ2n) is 6.02. The van der Waals surface area contributed by atoms with Crippen molar-refractivity contribution < 1.29 is 9.53 Å². The van der Waals surface area contributed by atoms with E-state index in [2.05, 4.69) is 24.3 Å². The average molecular weight is 328 g/mol. The Bertz CT molecular complexity index is 713. The average Bonchev–Trinajstić information content (AvgIpc) is 3.22. The lowest BCUT2D eigenvalue weighted by atomic mass is 10.1. The summed E-state index contributed by atoms with van der Waals surface area (Å²) < 4.78 is 7.28. The number of para-hydroxylation sites is 2. The summed E-state index contributed by atoms with van der Waals surface area (Å²) in [6.45, 7) is 5.66. The molecule has 1 aromatic carbocycles. The highest BCUT2D eigenvalue weighted by atomic mass is 16.5. The molecular weight excluding hydrogens is 304 g/mol. The number of ether oxygens (including phenoxy) is 1. The minimum atomic E-state index is -0.185. The number of amides is 1. The molecule has 2 heterocycles. The molecule has 1 amide bonds. The highest BCUT2D eigenvalue weighted by Crippen LogP contribution is 2.31. The number of hydrogen-bond acceptors (Lipinski definition) is 4. The lowest BCUT2D eigenvalue weighted by Gasteiger charge is -2.21. The maximum atomic E-state index is 12.8. The summed E-state index contributed by atoms with van der Waals surface area (Å²) in [5.74, 6) is 0.818. The molecule has 1 N–H and O–H groups in total. The normalized spacial score (nSPS) is 18.9. The zero-order chi connectivity index (χ0) is 17.1. The minimum Gasteiger partial charge on any atom is -0.495 e. The van der Waals surface area contributed by atoms with E-state index in [1.807, 2.05) is 41.3 Å². The van der Waals surface area contributed by atoms with E-state index in [1.165, 1.54) is 0 Å². The predicted octanol–water partition coefficient (Wildman–Crippen LogP) is 2.37. The maximum absolute atomic E-state index is 12.8. The SMILES string of the molecule is CCn1cc([C@@H](C)N[C@@H]2CCN(c3ccccc3OC)C2=O)cn1. The molecule has 0 saturated carbocycles. The van der Waals surface area contributed by atoms with Crippen LogP contribution in [0.4, 0.5) is 5.69 Å². The van der Waals surface area contributed by atoms with Gasteiger partial charge in [0.2, 0.25) is 5.91 Å². The zero-order valence-electron chi connectivity index (χ0n) is 14.4. The van der Waals surface area contributed by atoms with E-state index in [0.29, 0.717) is 6.54 Å². The first kappa shape index (κ1) is 16.5. The van der Waals surface area contributed by atoms with Crippen LogP contribution in [-0.2, 0) is 11.3 Å². The van der Waals surface area contributed by atoms with Crippen molar-refractivity contribution in [2.75, 3.05) is 18.6 Å². The van der Waals surface area contributed by atoms with Gasteiger partial charge >= 0.3 is 0 Å². The fourth-order valence-electron chi connectivity index (χ4n) is 3.10. The summed E-state index contributed by atoms with van der Waals surface area (Å²) in [5.41, 5.74) is 1.93. The number of hydrogen-bond donors (Lipinski definition) is 1. The monoisotopic (exact) mass is 328 g/mol. The molecule has 3 rings (SSSR count). The third kappa shape index (κ3) is 3.14. The number of methoxy groups -OCH3 is 1. The number of carbonyl (C=O) groups excluding carboxylic acids is 1. The molecule has 0 spiro atoms. The molecule has 1 fully saturated rings. The molecule has 24 heavy (non-hydrogen) atoms. The van der Waals surface area contributed by atoms with Gasteiger partial charge in [0.05, 0.1) is 25.0 Å². The van der Waals surface area contributed by atoms with Crippen molar-refractivity contribution in [1.29, 1.82) is 0 Å².